The Morgan fingerprint density at radius 2 is 1.66 bits per heavy atom. The van der Waals surface area contributed by atoms with Gasteiger partial charge in [-0.2, -0.15) is 0 Å². The highest BCUT2D eigenvalue weighted by molar-refractivity contribution is 9.10. The lowest BCUT2D eigenvalue weighted by Gasteiger charge is -2.21. The molecule has 0 aliphatic heterocycles. The molecule has 0 heterocycles. The van der Waals surface area contributed by atoms with Crippen molar-refractivity contribution in [2.75, 3.05) is 7.11 Å². The molecule has 0 saturated carbocycles. The van der Waals surface area contributed by atoms with Crippen molar-refractivity contribution in [2.24, 2.45) is 0 Å². The molecular weight excluding hydrogens is 426 g/mol. The minimum absolute atomic E-state index is 0.299. The summed E-state index contributed by atoms with van der Waals surface area (Å²) in [5.41, 5.74) is 3.51. The van der Waals surface area contributed by atoms with Crippen LogP contribution < -0.4 is 14.8 Å². The topological polar surface area (TPSA) is 30.5 Å². The van der Waals surface area contributed by atoms with Crippen LogP contribution in [0.4, 0.5) is 0 Å². The smallest absolute Gasteiger partial charge is 0.166 e. The van der Waals surface area contributed by atoms with Crippen LogP contribution in [0.15, 0.2) is 77.3 Å². The molecule has 0 spiro atoms. The van der Waals surface area contributed by atoms with Gasteiger partial charge in [0.1, 0.15) is 6.61 Å². The van der Waals surface area contributed by atoms with Crippen LogP contribution in [0, 0.1) is 0 Å². The molecule has 1 atom stereocenters. The van der Waals surface area contributed by atoms with E-state index in [4.69, 9.17) is 9.47 Å². The van der Waals surface area contributed by atoms with Gasteiger partial charge in [-0.1, -0.05) is 89.9 Å². The van der Waals surface area contributed by atoms with E-state index in [1.165, 1.54) is 5.56 Å². The average Bonchev–Trinajstić information content (AvgIpc) is 2.76. The van der Waals surface area contributed by atoms with E-state index < -0.39 is 0 Å². The summed E-state index contributed by atoms with van der Waals surface area (Å²) in [7, 11) is 1.68. The predicted molar refractivity (Wildman–Crippen MR) is 122 cm³/mol. The van der Waals surface area contributed by atoms with E-state index >= 15 is 0 Å². The van der Waals surface area contributed by atoms with E-state index in [2.05, 4.69) is 76.7 Å². The third kappa shape index (κ3) is 6.09. The zero-order valence-electron chi connectivity index (χ0n) is 17.0. The van der Waals surface area contributed by atoms with E-state index in [1.54, 1.807) is 7.11 Å². The first-order chi connectivity index (χ1) is 14.2. The molecule has 0 saturated heterocycles. The molecule has 0 aliphatic rings. The number of halogens is 1. The maximum Gasteiger partial charge on any atom is 0.166 e. The summed E-state index contributed by atoms with van der Waals surface area (Å²) in [6, 6.07) is 25.1. The van der Waals surface area contributed by atoms with Gasteiger partial charge in [0.05, 0.1) is 7.11 Å². The Morgan fingerprint density at radius 1 is 0.966 bits per heavy atom. The highest BCUT2D eigenvalue weighted by Crippen LogP contribution is 2.36. The van der Waals surface area contributed by atoms with E-state index in [-0.39, 0.29) is 0 Å². The standard InChI is InChI=1S/C25H28BrNO2/c1-3-10-23(20-13-8-5-9-14-20)27-17-21-15-22(26)16-24(28-2)25(21)29-18-19-11-6-4-7-12-19/h4-9,11-16,23,27H,3,10,17-18H2,1-2H3. The molecule has 4 heteroatoms. The lowest BCUT2D eigenvalue weighted by molar-refractivity contribution is 0.280. The Bertz CT molecular complexity index is 884. The summed E-state index contributed by atoms with van der Waals surface area (Å²) in [6.07, 6.45) is 2.20. The van der Waals surface area contributed by atoms with Crippen LogP contribution in [0.3, 0.4) is 0 Å². The number of ether oxygens (including phenoxy) is 2. The minimum atomic E-state index is 0.299. The van der Waals surface area contributed by atoms with Crippen molar-refractivity contribution in [1.29, 1.82) is 0 Å². The first-order valence-corrected chi connectivity index (χ1v) is 10.8. The summed E-state index contributed by atoms with van der Waals surface area (Å²) in [4.78, 5) is 0. The van der Waals surface area contributed by atoms with Crippen LogP contribution >= 0.6 is 15.9 Å². The van der Waals surface area contributed by atoms with Gasteiger partial charge in [0, 0.05) is 22.6 Å². The van der Waals surface area contributed by atoms with Crippen LogP contribution in [0.2, 0.25) is 0 Å². The molecule has 3 aromatic rings. The van der Waals surface area contributed by atoms with Crippen molar-refractivity contribution in [3.8, 4) is 11.5 Å². The van der Waals surface area contributed by atoms with Gasteiger partial charge in [0.15, 0.2) is 11.5 Å². The van der Waals surface area contributed by atoms with Crippen LogP contribution in [0.5, 0.6) is 11.5 Å². The molecule has 152 valence electrons. The van der Waals surface area contributed by atoms with Gasteiger partial charge in [-0.25, -0.2) is 0 Å². The van der Waals surface area contributed by atoms with Gasteiger partial charge in [-0.3, -0.25) is 0 Å². The van der Waals surface area contributed by atoms with E-state index in [0.29, 0.717) is 19.2 Å². The summed E-state index contributed by atoms with van der Waals surface area (Å²) < 4.78 is 12.8. The number of methoxy groups -OCH3 is 1. The van der Waals surface area contributed by atoms with Crippen molar-refractivity contribution in [3.05, 3.63) is 94.0 Å². The van der Waals surface area contributed by atoms with Crippen molar-refractivity contribution in [3.63, 3.8) is 0 Å². The molecule has 1 unspecified atom stereocenters. The monoisotopic (exact) mass is 453 g/mol. The Hall–Kier alpha value is -2.30. The fourth-order valence-electron chi connectivity index (χ4n) is 3.39. The molecule has 0 aromatic heterocycles. The molecule has 1 N–H and O–H groups in total. The zero-order valence-corrected chi connectivity index (χ0v) is 18.6. The van der Waals surface area contributed by atoms with Crippen LogP contribution in [0.25, 0.3) is 0 Å². The van der Waals surface area contributed by atoms with Gasteiger partial charge < -0.3 is 14.8 Å². The van der Waals surface area contributed by atoms with Crippen LogP contribution in [-0.2, 0) is 13.2 Å². The fourth-order valence-corrected chi connectivity index (χ4v) is 3.88. The van der Waals surface area contributed by atoms with Crippen LogP contribution in [0.1, 0.15) is 42.5 Å². The molecule has 0 fully saturated rings. The van der Waals surface area contributed by atoms with Crippen molar-refractivity contribution < 1.29 is 9.47 Å². The van der Waals surface area contributed by atoms with Crippen LogP contribution in [-0.4, -0.2) is 7.11 Å². The quantitative estimate of drug-likeness (QED) is 0.371. The lowest BCUT2D eigenvalue weighted by Crippen LogP contribution is -2.21. The molecule has 0 radical (unpaired) electrons. The highest BCUT2D eigenvalue weighted by Gasteiger charge is 2.16. The third-order valence-corrected chi connectivity index (χ3v) is 5.32. The summed E-state index contributed by atoms with van der Waals surface area (Å²) in [5.74, 6) is 1.52. The first-order valence-electron chi connectivity index (χ1n) is 10.0. The Morgan fingerprint density at radius 3 is 2.31 bits per heavy atom. The normalized spacial score (nSPS) is 11.8. The second-order valence-corrected chi connectivity index (χ2v) is 7.92. The average molecular weight is 454 g/mol. The second kappa shape index (κ2) is 11.0. The largest absolute Gasteiger partial charge is 0.493 e. The first kappa shape index (κ1) is 21.4. The second-order valence-electron chi connectivity index (χ2n) is 7.00. The zero-order chi connectivity index (χ0) is 20.5. The maximum absolute atomic E-state index is 6.21. The van der Waals surface area contributed by atoms with Gasteiger partial charge >= 0.3 is 0 Å². The SMILES string of the molecule is CCCC(NCc1cc(Br)cc(OC)c1OCc1ccccc1)c1ccccc1. The summed E-state index contributed by atoms with van der Waals surface area (Å²) in [6.45, 7) is 3.41. The molecule has 3 aromatic carbocycles. The number of benzene rings is 3. The van der Waals surface area contributed by atoms with Gasteiger partial charge in [0.25, 0.3) is 0 Å². The Balaban J connectivity index is 1.80. The molecule has 3 rings (SSSR count). The molecule has 3 nitrogen and oxygen atoms in total. The third-order valence-electron chi connectivity index (χ3n) is 4.86. The minimum Gasteiger partial charge on any atom is -0.493 e. The van der Waals surface area contributed by atoms with Gasteiger partial charge in [-0.05, 0) is 29.7 Å². The number of hydrogen-bond acceptors (Lipinski definition) is 3. The fraction of sp³-hybridized carbons (Fsp3) is 0.280. The van der Waals surface area contributed by atoms with Gasteiger partial charge in [0.2, 0.25) is 0 Å². The predicted octanol–water partition coefficient (Wildman–Crippen LogP) is 6.67. The Labute approximate surface area is 182 Å². The molecule has 29 heavy (non-hydrogen) atoms. The summed E-state index contributed by atoms with van der Waals surface area (Å²) >= 11 is 3.60. The molecule has 0 bridgehead atoms. The number of rotatable bonds is 10. The van der Waals surface area contributed by atoms with E-state index in [9.17, 15) is 0 Å². The molecule has 0 aliphatic carbocycles. The lowest BCUT2D eigenvalue weighted by atomic mass is 10.0. The van der Waals surface area contributed by atoms with E-state index in [0.717, 1.165) is 39.9 Å². The van der Waals surface area contributed by atoms with Crippen molar-refractivity contribution in [1.82, 2.24) is 5.32 Å². The molecular formula is C25H28BrNO2. The van der Waals surface area contributed by atoms with Crippen molar-refractivity contribution in [2.45, 2.75) is 39.0 Å². The van der Waals surface area contributed by atoms with Gasteiger partial charge in [-0.15, -0.1) is 0 Å². The highest BCUT2D eigenvalue weighted by atomic mass is 79.9. The Kier molecular flexibility index (Phi) is 8.14. The maximum atomic E-state index is 6.21. The summed E-state index contributed by atoms with van der Waals surface area (Å²) in [5, 5.41) is 3.71. The molecule has 0 amide bonds. The van der Waals surface area contributed by atoms with Crippen molar-refractivity contribution >= 4 is 15.9 Å². The number of hydrogen-bond donors (Lipinski definition) is 1. The van der Waals surface area contributed by atoms with E-state index in [1.807, 2.05) is 24.3 Å². The number of nitrogens with one attached hydrogen (secondary N) is 1.